The van der Waals surface area contributed by atoms with E-state index in [1.807, 2.05) is 0 Å². The van der Waals surface area contributed by atoms with E-state index in [2.05, 4.69) is 0 Å². The van der Waals surface area contributed by atoms with Gasteiger partial charge in [0, 0.05) is 5.56 Å². The number of hydrogen-bond donors (Lipinski definition) is 0. The lowest BCUT2D eigenvalue weighted by atomic mass is 10.1. The van der Waals surface area contributed by atoms with Crippen LogP contribution in [0, 0.1) is 5.82 Å². The van der Waals surface area contributed by atoms with Crippen molar-refractivity contribution >= 4 is 0 Å². The van der Waals surface area contributed by atoms with Gasteiger partial charge in [-0.3, -0.25) is 0 Å². The first kappa shape index (κ1) is 8.41. The van der Waals surface area contributed by atoms with Gasteiger partial charge >= 0.3 is 0 Å². The standard InChI is InChI=1S/C10H9FO2/c11-9-5-2-1-4-8(9)10-6-3-7-12-13-10/h1-6,10H,7H2/t10-/m0/s1. The molecule has 2 nitrogen and oxygen atoms in total. The zero-order valence-electron chi connectivity index (χ0n) is 6.94. The molecule has 0 bridgehead atoms. The SMILES string of the molecule is Fc1ccccc1[C@@H]1C=CCOO1. The Balaban J connectivity index is 2.29. The molecule has 0 aliphatic carbocycles. The van der Waals surface area contributed by atoms with E-state index in [4.69, 9.17) is 9.78 Å². The van der Waals surface area contributed by atoms with Gasteiger partial charge < -0.3 is 0 Å². The predicted octanol–water partition coefficient (Wildman–Crippen LogP) is 2.38. The van der Waals surface area contributed by atoms with Crippen LogP contribution in [0.4, 0.5) is 4.39 Å². The first-order chi connectivity index (χ1) is 6.38. The van der Waals surface area contributed by atoms with Crippen LogP contribution in [-0.2, 0) is 9.78 Å². The van der Waals surface area contributed by atoms with Crippen molar-refractivity contribution in [2.75, 3.05) is 6.61 Å². The topological polar surface area (TPSA) is 18.5 Å². The summed E-state index contributed by atoms with van der Waals surface area (Å²) in [7, 11) is 0. The number of rotatable bonds is 1. The Bertz CT molecular complexity index is 322. The smallest absolute Gasteiger partial charge is 0.139 e. The van der Waals surface area contributed by atoms with Gasteiger partial charge in [0.2, 0.25) is 0 Å². The highest BCUT2D eigenvalue weighted by Crippen LogP contribution is 2.23. The Morgan fingerprint density at radius 1 is 1.31 bits per heavy atom. The molecule has 0 spiro atoms. The van der Waals surface area contributed by atoms with Crippen LogP contribution < -0.4 is 0 Å². The molecule has 1 aliphatic heterocycles. The minimum absolute atomic E-state index is 0.275. The molecule has 68 valence electrons. The lowest BCUT2D eigenvalue weighted by Crippen LogP contribution is -2.09. The van der Waals surface area contributed by atoms with Crippen LogP contribution in [-0.4, -0.2) is 6.61 Å². The summed E-state index contributed by atoms with van der Waals surface area (Å²) in [4.78, 5) is 9.66. The van der Waals surface area contributed by atoms with Crippen molar-refractivity contribution in [2.24, 2.45) is 0 Å². The van der Waals surface area contributed by atoms with Gasteiger partial charge in [-0.05, 0) is 12.1 Å². The summed E-state index contributed by atoms with van der Waals surface area (Å²) in [6.45, 7) is 0.422. The van der Waals surface area contributed by atoms with Crippen molar-refractivity contribution < 1.29 is 14.2 Å². The summed E-state index contributed by atoms with van der Waals surface area (Å²) in [6, 6.07) is 6.50. The minimum Gasteiger partial charge on any atom is -0.232 e. The van der Waals surface area contributed by atoms with E-state index in [9.17, 15) is 4.39 Å². The average Bonchev–Trinajstić information content (AvgIpc) is 2.20. The second kappa shape index (κ2) is 3.68. The lowest BCUT2D eigenvalue weighted by molar-refractivity contribution is -0.316. The van der Waals surface area contributed by atoms with Gasteiger partial charge in [-0.1, -0.05) is 24.3 Å². The van der Waals surface area contributed by atoms with Gasteiger partial charge in [0.1, 0.15) is 18.5 Å². The van der Waals surface area contributed by atoms with Crippen molar-refractivity contribution in [1.82, 2.24) is 0 Å². The maximum atomic E-state index is 13.2. The Morgan fingerprint density at radius 2 is 2.15 bits per heavy atom. The van der Waals surface area contributed by atoms with Crippen LogP contribution in [0.25, 0.3) is 0 Å². The van der Waals surface area contributed by atoms with Crippen LogP contribution in [0.2, 0.25) is 0 Å². The molecule has 0 saturated heterocycles. The highest BCUT2D eigenvalue weighted by atomic mass is 19.1. The van der Waals surface area contributed by atoms with Gasteiger partial charge in [0.15, 0.2) is 0 Å². The third kappa shape index (κ3) is 1.76. The van der Waals surface area contributed by atoms with Gasteiger partial charge in [-0.2, -0.15) is 0 Å². The van der Waals surface area contributed by atoms with E-state index in [0.717, 1.165) is 0 Å². The van der Waals surface area contributed by atoms with E-state index in [-0.39, 0.29) is 5.82 Å². The fourth-order valence-electron chi connectivity index (χ4n) is 1.22. The van der Waals surface area contributed by atoms with E-state index in [1.54, 1.807) is 30.4 Å². The van der Waals surface area contributed by atoms with Gasteiger partial charge in [-0.15, -0.1) is 0 Å². The Hall–Kier alpha value is -1.19. The number of benzene rings is 1. The predicted molar refractivity (Wildman–Crippen MR) is 45.3 cm³/mol. The van der Waals surface area contributed by atoms with Crippen molar-refractivity contribution in [3.63, 3.8) is 0 Å². The van der Waals surface area contributed by atoms with E-state index in [0.29, 0.717) is 12.2 Å². The molecule has 0 aromatic heterocycles. The molecule has 13 heavy (non-hydrogen) atoms. The summed E-state index contributed by atoms with van der Waals surface area (Å²) in [6.07, 6.45) is 3.16. The summed E-state index contributed by atoms with van der Waals surface area (Å²) in [5, 5.41) is 0. The summed E-state index contributed by atoms with van der Waals surface area (Å²) < 4.78 is 13.2. The minimum atomic E-state index is -0.421. The molecule has 0 amide bonds. The number of halogens is 1. The highest BCUT2D eigenvalue weighted by Gasteiger charge is 2.15. The summed E-state index contributed by atoms with van der Waals surface area (Å²) in [5.74, 6) is -0.275. The molecule has 0 fully saturated rings. The van der Waals surface area contributed by atoms with E-state index in [1.165, 1.54) is 6.07 Å². The van der Waals surface area contributed by atoms with Crippen LogP contribution in [0.3, 0.4) is 0 Å². The molecule has 1 aromatic carbocycles. The molecule has 0 saturated carbocycles. The average molecular weight is 180 g/mol. The molecular formula is C10H9FO2. The van der Waals surface area contributed by atoms with Crippen LogP contribution in [0.1, 0.15) is 11.7 Å². The van der Waals surface area contributed by atoms with Gasteiger partial charge in [0.05, 0.1) is 0 Å². The van der Waals surface area contributed by atoms with Gasteiger partial charge in [0.25, 0.3) is 0 Å². The van der Waals surface area contributed by atoms with Crippen LogP contribution in [0.5, 0.6) is 0 Å². The highest BCUT2D eigenvalue weighted by molar-refractivity contribution is 5.23. The maximum absolute atomic E-state index is 13.2. The second-order valence-electron chi connectivity index (χ2n) is 2.75. The lowest BCUT2D eigenvalue weighted by Gasteiger charge is -2.16. The Labute approximate surface area is 75.5 Å². The fraction of sp³-hybridized carbons (Fsp3) is 0.200. The third-order valence-electron chi connectivity index (χ3n) is 1.86. The normalized spacial score (nSPS) is 21.8. The molecule has 1 heterocycles. The van der Waals surface area contributed by atoms with Crippen molar-refractivity contribution in [3.8, 4) is 0 Å². The summed E-state index contributed by atoms with van der Waals surface area (Å²) in [5.41, 5.74) is 0.499. The second-order valence-corrected chi connectivity index (χ2v) is 2.75. The molecule has 0 unspecified atom stereocenters. The van der Waals surface area contributed by atoms with Gasteiger partial charge in [-0.25, -0.2) is 14.2 Å². The zero-order chi connectivity index (χ0) is 9.10. The summed E-state index contributed by atoms with van der Waals surface area (Å²) >= 11 is 0. The Morgan fingerprint density at radius 3 is 2.85 bits per heavy atom. The monoisotopic (exact) mass is 180 g/mol. The largest absolute Gasteiger partial charge is 0.232 e. The van der Waals surface area contributed by atoms with Crippen LogP contribution >= 0.6 is 0 Å². The Kier molecular flexibility index (Phi) is 2.38. The molecule has 3 heteroatoms. The third-order valence-corrected chi connectivity index (χ3v) is 1.86. The molecule has 1 atom stereocenters. The van der Waals surface area contributed by atoms with E-state index < -0.39 is 6.10 Å². The van der Waals surface area contributed by atoms with Crippen molar-refractivity contribution in [2.45, 2.75) is 6.10 Å². The number of hydrogen-bond acceptors (Lipinski definition) is 2. The first-order valence-corrected chi connectivity index (χ1v) is 4.07. The quantitative estimate of drug-likeness (QED) is 0.488. The zero-order valence-corrected chi connectivity index (χ0v) is 6.94. The maximum Gasteiger partial charge on any atom is 0.139 e. The first-order valence-electron chi connectivity index (χ1n) is 4.07. The van der Waals surface area contributed by atoms with E-state index >= 15 is 0 Å². The van der Waals surface area contributed by atoms with Crippen LogP contribution in [0.15, 0.2) is 36.4 Å². The molecular weight excluding hydrogens is 171 g/mol. The van der Waals surface area contributed by atoms with Crippen molar-refractivity contribution in [1.29, 1.82) is 0 Å². The molecule has 0 radical (unpaired) electrons. The molecule has 2 rings (SSSR count). The molecule has 0 N–H and O–H groups in total. The fourth-order valence-corrected chi connectivity index (χ4v) is 1.22. The molecule has 1 aliphatic rings. The van der Waals surface area contributed by atoms with Crippen molar-refractivity contribution in [3.05, 3.63) is 47.8 Å². The molecule has 1 aromatic rings.